The minimum absolute atomic E-state index is 0.184. The Hall–Kier alpha value is -3.41. The maximum Gasteiger partial charge on any atom is 0.337 e. The molecule has 0 aliphatic rings. The Bertz CT molecular complexity index is 869. The SMILES string of the molecule is CCc1ccc([C@@H](C)NC(=O)COC(=O)/C=C/c2ccc(C(=O)OC)cc2)cc1. The summed E-state index contributed by atoms with van der Waals surface area (Å²) in [6.45, 7) is 3.60. The van der Waals surface area contributed by atoms with Gasteiger partial charge in [-0.05, 0) is 48.2 Å². The van der Waals surface area contributed by atoms with Crippen LogP contribution in [0.4, 0.5) is 0 Å². The highest BCUT2D eigenvalue weighted by Crippen LogP contribution is 2.13. The van der Waals surface area contributed by atoms with E-state index in [-0.39, 0.29) is 18.6 Å². The molecule has 152 valence electrons. The van der Waals surface area contributed by atoms with Gasteiger partial charge in [-0.1, -0.05) is 43.3 Å². The molecule has 0 radical (unpaired) electrons. The molecule has 2 aromatic rings. The molecule has 0 heterocycles. The molecule has 0 aliphatic carbocycles. The molecule has 0 unspecified atom stereocenters. The van der Waals surface area contributed by atoms with Gasteiger partial charge in [-0.15, -0.1) is 0 Å². The van der Waals surface area contributed by atoms with E-state index in [0.717, 1.165) is 12.0 Å². The van der Waals surface area contributed by atoms with Crippen molar-refractivity contribution in [2.75, 3.05) is 13.7 Å². The highest BCUT2D eigenvalue weighted by Gasteiger charge is 2.11. The Balaban J connectivity index is 1.79. The van der Waals surface area contributed by atoms with Crippen LogP contribution in [0.3, 0.4) is 0 Å². The number of hydrogen-bond acceptors (Lipinski definition) is 5. The van der Waals surface area contributed by atoms with Crippen LogP contribution in [0.1, 0.15) is 46.9 Å². The van der Waals surface area contributed by atoms with E-state index in [4.69, 9.17) is 4.74 Å². The van der Waals surface area contributed by atoms with Crippen molar-refractivity contribution in [2.45, 2.75) is 26.3 Å². The molecule has 6 nitrogen and oxygen atoms in total. The summed E-state index contributed by atoms with van der Waals surface area (Å²) in [5, 5.41) is 2.80. The van der Waals surface area contributed by atoms with Crippen molar-refractivity contribution in [2.24, 2.45) is 0 Å². The minimum atomic E-state index is -0.628. The summed E-state index contributed by atoms with van der Waals surface area (Å²) in [4.78, 5) is 35.2. The molecule has 1 N–H and O–H groups in total. The molecule has 0 aromatic heterocycles. The highest BCUT2D eigenvalue weighted by atomic mass is 16.5. The molecule has 0 bridgehead atoms. The first kappa shape index (κ1) is 21.9. The maximum absolute atomic E-state index is 12.0. The lowest BCUT2D eigenvalue weighted by atomic mass is 10.1. The van der Waals surface area contributed by atoms with Crippen molar-refractivity contribution >= 4 is 23.9 Å². The molecular formula is C23H25NO5. The monoisotopic (exact) mass is 395 g/mol. The Kier molecular flexibility index (Phi) is 8.15. The van der Waals surface area contributed by atoms with E-state index in [0.29, 0.717) is 11.1 Å². The van der Waals surface area contributed by atoms with Crippen LogP contribution in [0.5, 0.6) is 0 Å². The zero-order valence-corrected chi connectivity index (χ0v) is 16.8. The average Bonchev–Trinajstić information content (AvgIpc) is 2.76. The van der Waals surface area contributed by atoms with Gasteiger partial charge in [-0.3, -0.25) is 4.79 Å². The summed E-state index contributed by atoms with van der Waals surface area (Å²) >= 11 is 0. The Morgan fingerprint density at radius 1 is 1.03 bits per heavy atom. The van der Waals surface area contributed by atoms with E-state index in [1.807, 2.05) is 31.2 Å². The first-order chi connectivity index (χ1) is 13.9. The predicted octanol–water partition coefficient (Wildman–Crippen LogP) is 3.47. The standard InChI is InChI=1S/C23H25NO5/c1-4-17-5-10-19(11-6-17)16(2)24-21(25)15-29-22(26)14-9-18-7-12-20(13-8-18)23(27)28-3/h5-14,16H,4,15H2,1-3H3,(H,24,25)/b14-9+/t16-/m1/s1. The van der Waals surface area contributed by atoms with Gasteiger partial charge in [0.25, 0.3) is 5.91 Å². The molecule has 0 spiro atoms. The van der Waals surface area contributed by atoms with Gasteiger partial charge in [0.1, 0.15) is 0 Å². The number of aryl methyl sites for hydroxylation is 1. The first-order valence-electron chi connectivity index (χ1n) is 9.34. The molecule has 0 saturated carbocycles. The van der Waals surface area contributed by atoms with E-state index in [2.05, 4.69) is 17.0 Å². The fourth-order valence-corrected chi connectivity index (χ4v) is 2.61. The van der Waals surface area contributed by atoms with Gasteiger partial charge in [0.05, 0.1) is 18.7 Å². The van der Waals surface area contributed by atoms with Gasteiger partial charge < -0.3 is 14.8 Å². The molecule has 6 heteroatoms. The molecule has 1 atom stereocenters. The van der Waals surface area contributed by atoms with Crippen LogP contribution in [0.25, 0.3) is 6.08 Å². The molecule has 0 aliphatic heterocycles. The molecule has 2 aromatic carbocycles. The van der Waals surface area contributed by atoms with Crippen molar-refractivity contribution in [1.82, 2.24) is 5.32 Å². The van der Waals surface area contributed by atoms with E-state index >= 15 is 0 Å². The smallest absolute Gasteiger partial charge is 0.337 e. The Morgan fingerprint density at radius 2 is 1.69 bits per heavy atom. The number of rotatable bonds is 8. The third-order valence-corrected chi connectivity index (χ3v) is 4.35. The van der Waals surface area contributed by atoms with Crippen LogP contribution in [-0.4, -0.2) is 31.6 Å². The molecule has 29 heavy (non-hydrogen) atoms. The number of hydrogen-bond donors (Lipinski definition) is 1. The van der Waals surface area contributed by atoms with Gasteiger partial charge in [-0.25, -0.2) is 9.59 Å². The quantitative estimate of drug-likeness (QED) is 0.547. The normalized spacial score (nSPS) is 11.7. The van der Waals surface area contributed by atoms with E-state index < -0.39 is 11.9 Å². The molecule has 1 amide bonds. The van der Waals surface area contributed by atoms with Gasteiger partial charge in [0.15, 0.2) is 6.61 Å². The van der Waals surface area contributed by atoms with Crippen molar-refractivity contribution in [3.63, 3.8) is 0 Å². The minimum Gasteiger partial charge on any atom is -0.465 e. The van der Waals surface area contributed by atoms with E-state index in [1.54, 1.807) is 30.3 Å². The number of carbonyl (C=O) groups is 3. The Labute approximate surface area is 170 Å². The number of carbonyl (C=O) groups excluding carboxylic acids is 3. The van der Waals surface area contributed by atoms with E-state index in [1.165, 1.54) is 18.7 Å². The fraction of sp³-hybridized carbons (Fsp3) is 0.261. The second-order valence-electron chi connectivity index (χ2n) is 6.44. The number of nitrogens with one attached hydrogen (secondary N) is 1. The van der Waals surface area contributed by atoms with Crippen molar-refractivity contribution < 1.29 is 23.9 Å². The van der Waals surface area contributed by atoms with Gasteiger partial charge in [-0.2, -0.15) is 0 Å². The van der Waals surface area contributed by atoms with Crippen LogP contribution in [0.15, 0.2) is 54.6 Å². The predicted molar refractivity (Wildman–Crippen MR) is 110 cm³/mol. The zero-order chi connectivity index (χ0) is 21.2. The van der Waals surface area contributed by atoms with Gasteiger partial charge in [0, 0.05) is 6.08 Å². The fourth-order valence-electron chi connectivity index (χ4n) is 2.61. The molecular weight excluding hydrogens is 370 g/mol. The summed E-state index contributed by atoms with van der Waals surface area (Å²) in [5.74, 6) is -1.43. The summed E-state index contributed by atoms with van der Waals surface area (Å²) in [5.41, 5.74) is 3.34. The summed E-state index contributed by atoms with van der Waals surface area (Å²) < 4.78 is 9.59. The molecule has 2 rings (SSSR count). The maximum atomic E-state index is 12.0. The summed E-state index contributed by atoms with van der Waals surface area (Å²) in [6, 6.07) is 14.4. The third-order valence-electron chi connectivity index (χ3n) is 4.35. The largest absolute Gasteiger partial charge is 0.465 e. The van der Waals surface area contributed by atoms with E-state index in [9.17, 15) is 14.4 Å². The second kappa shape index (κ2) is 10.8. The number of ether oxygens (including phenoxy) is 2. The van der Waals surface area contributed by atoms with Crippen LogP contribution in [-0.2, 0) is 25.5 Å². The van der Waals surface area contributed by atoms with Crippen LogP contribution >= 0.6 is 0 Å². The van der Waals surface area contributed by atoms with Gasteiger partial charge in [0.2, 0.25) is 0 Å². The van der Waals surface area contributed by atoms with Crippen LogP contribution in [0.2, 0.25) is 0 Å². The lowest BCUT2D eigenvalue weighted by molar-refractivity contribution is -0.144. The lowest BCUT2D eigenvalue weighted by Crippen LogP contribution is -2.30. The average molecular weight is 395 g/mol. The van der Waals surface area contributed by atoms with Crippen LogP contribution in [0, 0.1) is 0 Å². The third kappa shape index (κ3) is 6.92. The van der Waals surface area contributed by atoms with Crippen molar-refractivity contribution in [3.05, 3.63) is 76.9 Å². The van der Waals surface area contributed by atoms with Crippen molar-refractivity contribution in [3.8, 4) is 0 Å². The van der Waals surface area contributed by atoms with Gasteiger partial charge >= 0.3 is 11.9 Å². The first-order valence-corrected chi connectivity index (χ1v) is 9.34. The zero-order valence-electron chi connectivity index (χ0n) is 16.8. The number of methoxy groups -OCH3 is 1. The molecule has 0 fully saturated rings. The second-order valence-corrected chi connectivity index (χ2v) is 6.44. The van der Waals surface area contributed by atoms with Crippen molar-refractivity contribution in [1.29, 1.82) is 0 Å². The number of amides is 1. The number of esters is 2. The lowest BCUT2D eigenvalue weighted by Gasteiger charge is -2.14. The number of benzene rings is 2. The summed E-state index contributed by atoms with van der Waals surface area (Å²) in [6.07, 6.45) is 3.73. The molecule has 0 saturated heterocycles. The summed E-state index contributed by atoms with van der Waals surface area (Å²) in [7, 11) is 1.31. The topological polar surface area (TPSA) is 81.7 Å². The Morgan fingerprint density at radius 3 is 2.28 bits per heavy atom. The highest BCUT2D eigenvalue weighted by molar-refractivity contribution is 5.91. The van der Waals surface area contributed by atoms with Crippen LogP contribution < -0.4 is 5.32 Å².